The van der Waals surface area contributed by atoms with Crippen molar-refractivity contribution in [3.63, 3.8) is 0 Å². The molecule has 0 bridgehead atoms. The molecule has 8 nitrogen and oxygen atoms in total. The van der Waals surface area contributed by atoms with Gasteiger partial charge in [0.1, 0.15) is 17.5 Å². The standard InChI is InChI=1S/C35H41F3N2O6S/c1-6-47(43,44)25-14-10-22(11-15-25)26(21-34(2,3)46-31-9-7-8-18-45-31)32(41)39-24-13-16-27(28(37)20-24)35(4,5)33(42)40-30-17-12-23(36)19-29(30)38/h10-17,19-20,26,31H,6-9,18,21H2,1-5H3,(H,39,41)(H,40,42). The van der Waals surface area contributed by atoms with Crippen LogP contribution >= 0.6 is 0 Å². The number of benzene rings is 3. The van der Waals surface area contributed by atoms with E-state index in [0.717, 1.165) is 37.5 Å². The molecule has 1 fully saturated rings. The van der Waals surface area contributed by atoms with Gasteiger partial charge < -0.3 is 20.1 Å². The van der Waals surface area contributed by atoms with Crippen LogP contribution in [-0.2, 0) is 34.3 Å². The van der Waals surface area contributed by atoms with Crippen molar-refractivity contribution in [2.75, 3.05) is 23.0 Å². The number of nitrogens with one attached hydrogen (secondary N) is 2. The van der Waals surface area contributed by atoms with E-state index < -0.39 is 62.3 Å². The van der Waals surface area contributed by atoms with Crippen molar-refractivity contribution in [3.05, 3.63) is 89.2 Å². The zero-order valence-electron chi connectivity index (χ0n) is 27.2. The summed E-state index contributed by atoms with van der Waals surface area (Å²) >= 11 is 0. The molecular formula is C35H41F3N2O6S. The highest BCUT2D eigenvalue weighted by Gasteiger charge is 2.35. The fourth-order valence-corrected chi connectivity index (χ4v) is 6.34. The van der Waals surface area contributed by atoms with E-state index in [4.69, 9.17) is 9.47 Å². The second kappa shape index (κ2) is 14.6. The maximum atomic E-state index is 15.5. The summed E-state index contributed by atoms with van der Waals surface area (Å²) in [7, 11) is -3.46. The van der Waals surface area contributed by atoms with Crippen LogP contribution in [0.5, 0.6) is 0 Å². The number of amides is 2. The molecule has 0 radical (unpaired) electrons. The van der Waals surface area contributed by atoms with Crippen LogP contribution in [0.15, 0.2) is 65.6 Å². The average molecular weight is 675 g/mol. The lowest BCUT2D eigenvalue weighted by Gasteiger charge is -2.35. The van der Waals surface area contributed by atoms with Gasteiger partial charge in [-0.25, -0.2) is 21.6 Å². The van der Waals surface area contributed by atoms with Gasteiger partial charge in [-0.15, -0.1) is 0 Å². The normalized spacial score (nSPS) is 16.4. The summed E-state index contributed by atoms with van der Waals surface area (Å²) in [5, 5.41) is 5.13. The summed E-state index contributed by atoms with van der Waals surface area (Å²) in [6.45, 7) is 8.74. The number of carbonyl (C=O) groups is 2. The molecule has 0 aromatic heterocycles. The first-order valence-electron chi connectivity index (χ1n) is 15.5. The topological polar surface area (TPSA) is 111 Å². The Morgan fingerprint density at radius 3 is 2.23 bits per heavy atom. The Morgan fingerprint density at radius 1 is 0.936 bits per heavy atom. The molecule has 4 rings (SSSR count). The number of hydrogen-bond donors (Lipinski definition) is 2. The lowest BCUT2D eigenvalue weighted by atomic mass is 9.83. The Hall–Kier alpha value is -3.74. The quantitative estimate of drug-likeness (QED) is 0.210. The highest BCUT2D eigenvalue weighted by molar-refractivity contribution is 7.91. The van der Waals surface area contributed by atoms with E-state index in [1.807, 2.05) is 13.8 Å². The monoisotopic (exact) mass is 674 g/mol. The van der Waals surface area contributed by atoms with E-state index in [0.29, 0.717) is 18.2 Å². The van der Waals surface area contributed by atoms with Crippen LogP contribution in [0.3, 0.4) is 0 Å². The molecule has 3 aromatic carbocycles. The van der Waals surface area contributed by atoms with Gasteiger partial charge in [0.05, 0.1) is 33.3 Å². The number of anilines is 2. The zero-order valence-corrected chi connectivity index (χ0v) is 28.0. The van der Waals surface area contributed by atoms with Crippen molar-refractivity contribution in [1.82, 2.24) is 0 Å². The molecular weight excluding hydrogens is 633 g/mol. The maximum Gasteiger partial charge on any atom is 0.234 e. The minimum Gasteiger partial charge on any atom is -0.353 e. The first kappa shape index (κ1) is 36.1. The smallest absolute Gasteiger partial charge is 0.234 e. The summed E-state index contributed by atoms with van der Waals surface area (Å²) in [5.41, 5.74) is -1.89. The van der Waals surface area contributed by atoms with Crippen LogP contribution < -0.4 is 10.6 Å². The van der Waals surface area contributed by atoms with Crippen molar-refractivity contribution in [1.29, 1.82) is 0 Å². The molecule has 2 N–H and O–H groups in total. The second-order valence-electron chi connectivity index (χ2n) is 12.8. The predicted molar refractivity (Wildman–Crippen MR) is 173 cm³/mol. The first-order chi connectivity index (χ1) is 22.0. The fraction of sp³-hybridized carbons (Fsp3) is 0.429. The third kappa shape index (κ3) is 9.00. The van der Waals surface area contributed by atoms with Crippen molar-refractivity contribution >= 4 is 33.0 Å². The van der Waals surface area contributed by atoms with Crippen LogP contribution in [-0.4, -0.2) is 44.5 Å². The maximum absolute atomic E-state index is 15.5. The molecule has 2 amide bonds. The molecule has 0 saturated carbocycles. The van der Waals surface area contributed by atoms with Gasteiger partial charge in [-0.3, -0.25) is 9.59 Å². The summed E-state index contributed by atoms with van der Waals surface area (Å²) in [6.07, 6.45) is 2.42. The number of halogens is 3. The zero-order chi connectivity index (χ0) is 34.6. The van der Waals surface area contributed by atoms with Crippen LogP contribution in [0, 0.1) is 17.5 Å². The van der Waals surface area contributed by atoms with Crippen LogP contribution in [0.1, 0.15) is 77.3 Å². The van der Waals surface area contributed by atoms with Crippen LogP contribution in [0.25, 0.3) is 0 Å². The number of carbonyl (C=O) groups excluding carboxylic acids is 2. The minimum atomic E-state index is -3.46. The Labute approximate surface area is 274 Å². The number of sulfone groups is 1. The molecule has 1 saturated heterocycles. The van der Waals surface area contributed by atoms with E-state index in [9.17, 15) is 26.8 Å². The van der Waals surface area contributed by atoms with E-state index in [2.05, 4.69) is 10.6 Å². The number of ether oxygens (including phenoxy) is 2. The van der Waals surface area contributed by atoms with E-state index in [1.54, 1.807) is 19.1 Å². The largest absolute Gasteiger partial charge is 0.353 e. The van der Waals surface area contributed by atoms with Crippen molar-refractivity contribution in [2.45, 2.75) is 88.4 Å². The van der Waals surface area contributed by atoms with Crippen molar-refractivity contribution < 1.29 is 40.7 Å². The van der Waals surface area contributed by atoms with Gasteiger partial charge in [0.2, 0.25) is 11.8 Å². The van der Waals surface area contributed by atoms with Gasteiger partial charge in [-0.05, 0) is 95.3 Å². The van der Waals surface area contributed by atoms with Crippen LogP contribution in [0.2, 0.25) is 0 Å². The molecule has 12 heteroatoms. The van der Waals surface area contributed by atoms with E-state index >= 15 is 4.39 Å². The number of rotatable bonds is 12. The van der Waals surface area contributed by atoms with Gasteiger partial charge in [0.25, 0.3) is 0 Å². The Balaban J connectivity index is 1.56. The van der Waals surface area contributed by atoms with Gasteiger partial charge in [-0.2, -0.15) is 0 Å². The highest BCUT2D eigenvalue weighted by atomic mass is 32.2. The first-order valence-corrected chi connectivity index (χ1v) is 17.2. The molecule has 0 aliphatic carbocycles. The molecule has 47 heavy (non-hydrogen) atoms. The summed E-state index contributed by atoms with van der Waals surface area (Å²) in [5.74, 6) is -4.65. The molecule has 254 valence electrons. The Morgan fingerprint density at radius 2 is 1.64 bits per heavy atom. The summed E-state index contributed by atoms with van der Waals surface area (Å²) < 4.78 is 79.7. The molecule has 2 atom stereocenters. The lowest BCUT2D eigenvalue weighted by Crippen LogP contribution is -2.37. The predicted octanol–water partition coefficient (Wildman–Crippen LogP) is 7.25. The van der Waals surface area contributed by atoms with Crippen molar-refractivity contribution in [2.24, 2.45) is 0 Å². The third-order valence-corrected chi connectivity index (χ3v) is 10.0. The molecule has 2 unspecified atom stereocenters. The van der Waals surface area contributed by atoms with Crippen LogP contribution in [0.4, 0.5) is 24.5 Å². The van der Waals surface area contributed by atoms with Crippen molar-refractivity contribution in [3.8, 4) is 0 Å². The lowest BCUT2D eigenvalue weighted by molar-refractivity contribution is -0.217. The summed E-state index contributed by atoms with van der Waals surface area (Å²) in [6, 6.07) is 12.7. The second-order valence-corrected chi connectivity index (χ2v) is 15.1. The van der Waals surface area contributed by atoms with Gasteiger partial charge in [0.15, 0.2) is 16.1 Å². The molecule has 0 spiro atoms. The van der Waals surface area contributed by atoms with Gasteiger partial charge in [-0.1, -0.05) is 25.1 Å². The third-order valence-electron chi connectivity index (χ3n) is 8.28. The minimum absolute atomic E-state index is 0.0122. The highest BCUT2D eigenvalue weighted by Crippen LogP contribution is 2.34. The van der Waals surface area contributed by atoms with E-state index in [-0.39, 0.29) is 34.0 Å². The van der Waals surface area contributed by atoms with E-state index in [1.165, 1.54) is 38.1 Å². The number of hydrogen-bond acceptors (Lipinski definition) is 6. The Kier molecular flexibility index (Phi) is 11.2. The SMILES string of the molecule is CCS(=O)(=O)c1ccc(C(CC(C)(C)OC2CCCCO2)C(=O)Nc2ccc(C(C)(C)C(=O)Nc3ccc(F)cc3F)c(F)c2)cc1. The molecule has 1 aliphatic rings. The molecule has 1 aliphatic heterocycles. The summed E-state index contributed by atoms with van der Waals surface area (Å²) in [4.78, 5) is 27.0. The molecule has 3 aromatic rings. The fourth-order valence-electron chi connectivity index (χ4n) is 5.46. The molecule has 1 heterocycles. The van der Waals surface area contributed by atoms with Gasteiger partial charge >= 0.3 is 0 Å². The Bertz CT molecular complexity index is 1700. The average Bonchev–Trinajstić information content (AvgIpc) is 3.01. The van der Waals surface area contributed by atoms with Gasteiger partial charge in [0, 0.05) is 23.9 Å².